The minimum atomic E-state index is -0.233. The molecule has 2 aromatic rings. The van der Waals surface area contributed by atoms with Crippen molar-refractivity contribution >= 4 is 34.6 Å². The number of fused-ring (bicyclic) bond motifs is 1. The normalized spacial score (nSPS) is 11.0. The van der Waals surface area contributed by atoms with Crippen molar-refractivity contribution in [3.05, 3.63) is 54.1 Å². The van der Waals surface area contributed by atoms with Crippen molar-refractivity contribution in [3.63, 3.8) is 0 Å². The molecule has 0 saturated heterocycles. The van der Waals surface area contributed by atoms with E-state index in [0.29, 0.717) is 0 Å². The van der Waals surface area contributed by atoms with Crippen molar-refractivity contribution in [2.45, 2.75) is 0 Å². The average molecular weight is 214 g/mol. The first-order valence-electron chi connectivity index (χ1n) is 4.65. The van der Waals surface area contributed by atoms with E-state index >= 15 is 0 Å². The Morgan fingerprint density at radius 3 is 2.53 bits per heavy atom. The fraction of sp³-hybridized carbons (Fsp3) is 0. The van der Waals surface area contributed by atoms with Crippen molar-refractivity contribution in [2.24, 2.45) is 0 Å². The second kappa shape index (κ2) is 4.32. The molecule has 0 fully saturated rings. The third-order valence-electron chi connectivity index (χ3n) is 2.19. The smallest absolute Gasteiger partial charge is 0.209 e. The monoisotopic (exact) mass is 214 g/mol. The summed E-state index contributed by atoms with van der Waals surface area (Å²) >= 11 is 3.68. The van der Waals surface area contributed by atoms with Crippen LogP contribution in [0.5, 0.6) is 0 Å². The van der Waals surface area contributed by atoms with E-state index in [1.54, 1.807) is 6.08 Å². The fourth-order valence-electron chi connectivity index (χ4n) is 1.48. The van der Waals surface area contributed by atoms with Crippen molar-refractivity contribution in [2.75, 3.05) is 0 Å². The van der Waals surface area contributed by atoms with Gasteiger partial charge in [0.15, 0.2) is 0 Å². The molecule has 0 aliphatic rings. The SMILES string of the molecule is O=C(S)/C=C/c1ccc2ccccc2c1. The summed E-state index contributed by atoms with van der Waals surface area (Å²) in [6, 6.07) is 14.2. The predicted octanol–water partition coefficient (Wildman–Crippen LogP) is 3.31. The highest BCUT2D eigenvalue weighted by molar-refractivity contribution is 7.97. The van der Waals surface area contributed by atoms with Gasteiger partial charge in [0.1, 0.15) is 0 Å². The second-order valence-corrected chi connectivity index (χ2v) is 3.72. The molecular weight excluding hydrogens is 204 g/mol. The number of benzene rings is 2. The van der Waals surface area contributed by atoms with E-state index in [2.05, 4.69) is 24.8 Å². The van der Waals surface area contributed by atoms with E-state index in [1.807, 2.05) is 30.3 Å². The number of carbonyl (C=O) groups excluding carboxylic acids is 1. The molecule has 2 aromatic carbocycles. The molecular formula is C13H10OS. The van der Waals surface area contributed by atoms with Gasteiger partial charge in [0, 0.05) is 0 Å². The van der Waals surface area contributed by atoms with Crippen LogP contribution in [-0.4, -0.2) is 5.12 Å². The Bertz CT molecular complexity index is 529. The summed E-state index contributed by atoms with van der Waals surface area (Å²) < 4.78 is 0. The summed E-state index contributed by atoms with van der Waals surface area (Å²) in [5, 5.41) is 2.14. The standard InChI is InChI=1S/C13H10OS/c14-13(15)8-6-10-5-7-11-3-1-2-4-12(11)9-10/h1-9H,(H,14,15)/b8-6+. The zero-order valence-corrected chi connectivity index (χ0v) is 8.95. The Morgan fingerprint density at radius 2 is 1.80 bits per heavy atom. The van der Waals surface area contributed by atoms with E-state index in [-0.39, 0.29) is 5.12 Å². The van der Waals surface area contributed by atoms with Crippen molar-refractivity contribution in [1.82, 2.24) is 0 Å². The maximum absolute atomic E-state index is 10.7. The van der Waals surface area contributed by atoms with Crippen LogP contribution in [0.2, 0.25) is 0 Å². The van der Waals surface area contributed by atoms with Gasteiger partial charge in [0.25, 0.3) is 0 Å². The highest BCUT2D eigenvalue weighted by atomic mass is 32.1. The molecule has 15 heavy (non-hydrogen) atoms. The van der Waals surface area contributed by atoms with Gasteiger partial charge >= 0.3 is 0 Å². The number of carbonyl (C=O) groups is 1. The van der Waals surface area contributed by atoms with Gasteiger partial charge in [-0.15, -0.1) is 12.6 Å². The number of rotatable bonds is 2. The van der Waals surface area contributed by atoms with Crippen LogP contribution in [0.4, 0.5) is 0 Å². The molecule has 0 amide bonds. The van der Waals surface area contributed by atoms with Gasteiger partial charge in [-0.05, 0) is 28.5 Å². The third kappa shape index (κ3) is 2.48. The first-order chi connectivity index (χ1) is 7.25. The topological polar surface area (TPSA) is 17.1 Å². The van der Waals surface area contributed by atoms with Gasteiger partial charge in [0.05, 0.1) is 0 Å². The molecule has 0 unspecified atom stereocenters. The van der Waals surface area contributed by atoms with Gasteiger partial charge in [-0.3, -0.25) is 4.79 Å². The van der Waals surface area contributed by atoms with Crippen molar-refractivity contribution < 1.29 is 4.79 Å². The molecule has 74 valence electrons. The Hall–Kier alpha value is -1.54. The lowest BCUT2D eigenvalue weighted by Gasteiger charge is -1.98. The van der Waals surface area contributed by atoms with E-state index in [4.69, 9.17) is 0 Å². The minimum absolute atomic E-state index is 0.233. The Kier molecular flexibility index (Phi) is 2.88. The zero-order chi connectivity index (χ0) is 10.7. The van der Waals surface area contributed by atoms with Crippen LogP contribution in [0.1, 0.15) is 5.56 Å². The van der Waals surface area contributed by atoms with Gasteiger partial charge < -0.3 is 0 Å². The van der Waals surface area contributed by atoms with Crippen LogP contribution >= 0.6 is 12.6 Å². The first-order valence-corrected chi connectivity index (χ1v) is 5.10. The van der Waals surface area contributed by atoms with Gasteiger partial charge in [-0.25, -0.2) is 0 Å². The molecule has 0 bridgehead atoms. The van der Waals surface area contributed by atoms with E-state index in [1.165, 1.54) is 16.8 Å². The molecule has 1 nitrogen and oxygen atoms in total. The van der Waals surface area contributed by atoms with E-state index in [0.717, 1.165) is 5.56 Å². The highest BCUT2D eigenvalue weighted by Gasteiger charge is 1.93. The molecule has 0 aliphatic carbocycles. The lowest BCUT2D eigenvalue weighted by Crippen LogP contribution is -1.78. The van der Waals surface area contributed by atoms with Crippen LogP contribution in [0.3, 0.4) is 0 Å². The molecule has 0 radical (unpaired) electrons. The summed E-state index contributed by atoms with van der Waals surface area (Å²) in [4.78, 5) is 10.7. The summed E-state index contributed by atoms with van der Waals surface area (Å²) in [6.45, 7) is 0. The largest absolute Gasteiger partial charge is 0.283 e. The maximum Gasteiger partial charge on any atom is 0.209 e. The molecule has 0 saturated carbocycles. The van der Waals surface area contributed by atoms with Crippen LogP contribution < -0.4 is 0 Å². The molecule has 2 heteroatoms. The summed E-state index contributed by atoms with van der Waals surface area (Å²) in [7, 11) is 0. The van der Waals surface area contributed by atoms with E-state index in [9.17, 15) is 4.79 Å². The minimum Gasteiger partial charge on any atom is -0.283 e. The number of hydrogen-bond acceptors (Lipinski definition) is 1. The third-order valence-corrected chi connectivity index (χ3v) is 2.34. The van der Waals surface area contributed by atoms with Crippen LogP contribution in [0.15, 0.2) is 48.5 Å². The lowest BCUT2D eigenvalue weighted by molar-refractivity contribution is -0.106. The van der Waals surface area contributed by atoms with Gasteiger partial charge in [-0.2, -0.15) is 0 Å². The quantitative estimate of drug-likeness (QED) is 0.599. The summed E-state index contributed by atoms with van der Waals surface area (Å²) in [5.41, 5.74) is 1.01. The Balaban J connectivity index is 2.43. The highest BCUT2D eigenvalue weighted by Crippen LogP contribution is 2.16. The molecule has 0 aliphatic heterocycles. The summed E-state index contributed by atoms with van der Waals surface area (Å²) in [5.74, 6) is 0. The molecule has 0 heterocycles. The first kappa shape index (κ1) is 9.99. The fourth-order valence-corrected chi connectivity index (χ4v) is 1.55. The zero-order valence-electron chi connectivity index (χ0n) is 8.05. The van der Waals surface area contributed by atoms with Gasteiger partial charge in [0.2, 0.25) is 5.12 Å². The summed E-state index contributed by atoms with van der Waals surface area (Å²) in [6.07, 6.45) is 3.22. The maximum atomic E-state index is 10.7. The van der Waals surface area contributed by atoms with Crippen LogP contribution in [0, 0.1) is 0 Å². The lowest BCUT2D eigenvalue weighted by atomic mass is 10.1. The van der Waals surface area contributed by atoms with Crippen LogP contribution in [-0.2, 0) is 4.79 Å². The molecule has 0 aromatic heterocycles. The molecule has 0 atom stereocenters. The van der Waals surface area contributed by atoms with Crippen molar-refractivity contribution in [1.29, 1.82) is 0 Å². The number of hydrogen-bond donors (Lipinski definition) is 1. The molecule has 2 rings (SSSR count). The average Bonchev–Trinajstić information content (AvgIpc) is 2.26. The number of thiol groups is 1. The molecule has 0 spiro atoms. The Labute approximate surface area is 93.8 Å². The van der Waals surface area contributed by atoms with Gasteiger partial charge in [-0.1, -0.05) is 42.5 Å². The predicted molar refractivity (Wildman–Crippen MR) is 67.0 cm³/mol. The second-order valence-electron chi connectivity index (χ2n) is 3.28. The van der Waals surface area contributed by atoms with Crippen molar-refractivity contribution in [3.8, 4) is 0 Å². The molecule has 0 N–H and O–H groups in total. The van der Waals surface area contributed by atoms with Crippen LogP contribution in [0.25, 0.3) is 16.8 Å². The van der Waals surface area contributed by atoms with E-state index < -0.39 is 0 Å². The Morgan fingerprint density at radius 1 is 1.07 bits per heavy atom.